The summed E-state index contributed by atoms with van der Waals surface area (Å²) in [4.78, 5) is 4.31. The maximum Gasteiger partial charge on any atom is 0.184 e. The molecule has 1 rings (SSSR count). The second-order valence-electron chi connectivity index (χ2n) is 3.63. The van der Waals surface area contributed by atoms with E-state index in [0.717, 1.165) is 22.9 Å². The van der Waals surface area contributed by atoms with Gasteiger partial charge in [0.05, 0.1) is 12.6 Å². The van der Waals surface area contributed by atoms with E-state index >= 15 is 0 Å². The topological polar surface area (TPSA) is 34.1 Å². The standard InChI is InChI=1S/C10H17BrN2OS/c1-4-14-5-8(7(2)3)12-10-13-9(11)6-15-10/h6-8H,4-5H2,1-3H3,(H,12,13). The lowest BCUT2D eigenvalue weighted by Gasteiger charge is -2.21. The zero-order valence-corrected chi connectivity index (χ0v) is 11.7. The van der Waals surface area contributed by atoms with E-state index in [0.29, 0.717) is 12.0 Å². The van der Waals surface area contributed by atoms with Crippen LogP contribution in [0, 0.1) is 5.92 Å². The van der Waals surface area contributed by atoms with Gasteiger partial charge in [-0.3, -0.25) is 0 Å². The number of anilines is 1. The van der Waals surface area contributed by atoms with Crippen molar-refractivity contribution >= 4 is 32.4 Å². The first kappa shape index (κ1) is 12.9. The molecule has 1 unspecified atom stereocenters. The van der Waals surface area contributed by atoms with Crippen LogP contribution in [-0.4, -0.2) is 24.2 Å². The highest BCUT2D eigenvalue weighted by Crippen LogP contribution is 2.21. The van der Waals surface area contributed by atoms with E-state index in [9.17, 15) is 0 Å². The van der Waals surface area contributed by atoms with E-state index in [-0.39, 0.29) is 0 Å². The maximum absolute atomic E-state index is 5.44. The van der Waals surface area contributed by atoms with Gasteiger partial charge in [-0.05, 0) is 28.8 Å². The largest absolute Gasteiger partial charge is 0.380 e. The fraction of sp³-hybridized carbons (Fsp3) is 0.700. The lowest BCUT2D eigenvalue weighted by molar-refractivity contribution is 0.127. The van der Waals surface area contributed by atoms with Crippen molar-refractivity contribution in [2.45, 2.75) is 26.8 Å². The van der Waals surface area contributed by atoms with Crippen molar-refractivity contribution in [1.29, 1.82) is 0 Å². The smallest absolute Gasteiger partial charge is 0.184 e. The van der Waals surface area contributed by atoms with Crippen molar-refractivity contribution in [1.82, 2.24) is 4.98 Å². The predicted octanol–water partition coefficient (Wildman–Crippen LogP) is 3.38. The van der Waals surface area contributed by atoms with Crippen molar-refractivity contribution in [2.24, 2.45) is 5.92 Å². The number of halogens is 1. The molecule has 0 amide bonds. The molecule has 0 saturated carbocycles. The molecule has 0 aliphatic carbocycles. The van der Waals surface area contributed by atoms with Crippen LogP contribution in [0.2, 0.25) is 0 Å². The molecule has 1 N–H and O–H groups in total. The molecule has 0 bridgehead atoms. The minimum Gasteiger partial charge on any atom is -0.380 e. The molecule has 0 aliphatic rings. The van der Waals surface area contributed by atoms with Crippen LogP contribution >= 0.6 is 27.3 Å². The third-order valence-corrected chi connectivity index (χ3v) is 3.57. The fourth-order valence-corrected chi connectivity index (χ4v) is 2.33. The molecule has 0 aliphatic heterocycles. The Hall–Kier alpha value is -0.130. The molecule has 1 aromatic heterocycles. The van der Waals surface area contributed by atoms with Crippen LogP contribution in [0.1, 0.15) is 20.8 Å². The van der Waals surface area contributed by atoms with E-state index in [4.69, 9.17) is 4.74 Å². The SMILES string of the molecule is CCOCC(Nc1nc(Br)cs1)C(C)C. The van der Waals surface area contributed by atoms with Crippen molar-refractivity contribution in [2.75, 3.05) is 18.5 Å². The summed E-state index contributed by atoms with van der Waals surface area (Å²) in [6.45, 7) is 7.86. The molecule has 1 atom stereocenters. The molecule has 0 aromatic carbocycles. The molecular weight excluding hydrogens is 276 g/mol. The van der Waals surface area contributed by atoms with Crippen LogP contribution in [0.25, 0.3) is 0 Å². The summed E-state index contributed by atoms with van der Waals surface area (Å²) in [6.07, 6.45) is 0. The summed E-state index contributed by atoms with van der Waals surface area (Å²) in [5, 5.41) is 6.30. The third-order valence-electron chi connectivity index (χ3n) is 2.09. The highest BCUT2D eigenvalue weighted by atomic mass is 79.9. The van der Waals surface area contributed by atoms with Crippen molar-refractivity contribution in [3.63, 3.8) is 0 Å². The average molecular weight is 293 g/mol. The normalized spacial score (nSPS) is 13.1. The summed E-state index contributed by atoms with van der Waals surface area (Å²) >= 11 is 4.94. The van der Waals surface area contributed by atoms with Gasteiger partial charge in [0, 0.05) is 12.0 Å². The summed E-state index contributed by atoms with van der Waals surface area (Å²) in [7, 11) is 0. The summed E-state index contributed by atoms with van der Waals surface area (Å²) in [6, 6.07) is 0.322. The fourth-order valence-electron chi connectivity index (χ4n) is 1.12. The first-order valence-corrected chi connectivity index (χ1v) is 6.76. The highest BCUT2D eigenvalue weighted by molar-refractivity contribution is 9.10. The zero-order chi connectivity index (χ0) is 11.3. The van der Waals surface area contributed by atoms with E-state index in [2.05, 4.69) is 40.1 Å². The lowest BCUT2D eigenvalue weighted by atomic mass is 10.1. The van der Waals surface area contributed by atoms with Crippen molar-refractivity contribution < 1.29 is 4.74 Å². The van der Waals surface area contributed by atoms with Gasteiger partial charge in [-0.1, -0.05) is 13.8 Å². The first-order valence-electron chi connectivity index (χ1n) is 5.08. The average Bonchev–Trinajstić information content (AvgIpc) is 2.58. The van der Waals surface area contributed by atoms with Crippen molar-refractivity contribution in [3.05, 3.63) is 9.98 Å². The Morgan fingerprint density at radius 1 is 1.60 bits per heavy atom. The molecule has 15 heavy (non-hydrogen) atoms. The van der Waals surface area contributed by atoms with Crippen LogP contribution in [0.5, 0.6) is 0 Å². The minimum atomic E-state index is 0.322. The number of nitrogens with zero attached hydrogens (tertiary/aromatic N) is 1. The lowest BCUT2D eigenvalue weighted by Crippen LogP contribution is -2.30. The highest BCUT2D eigenvalue weighted by Gasteiger charge is 2.14. The van der Waals surface area contributed by atoms with Crippen LogP contribution in [0.3, 0.4) is 0 Å². The van der Waals surface area contributed by atoms with Gasteiger partial charge in [0.25, 0.3) is 0 Å². The van der Waals surface area contributed by atoms with Gasteiger partial charge in [-0.25, -0.2) is 4.98 Å². The first-order chi connectivity index (χ1) is 7.13. The Kier molecular flexibility index (Phi) is 5.56. The minimum absolute atomic E-state index is 0.322. The Labute approximate surface area is 103 Å². The van der Waals surface area contributed by atoms with Gasteiger partial charge in [0.2, 0.25) is 0 Å². The van der Waals surface area contributed by atoms with Gasteiger partial charge in [0.1, 0.15) is 4.60 Å². The number of nitrogens with one attached hydrogen (secondary N) is 1. The maximum atomic E-state index is 5.44. The molecule has 1 aromatic rings. The number of hydrogen-bond donors (Lipinski definition) is 1. The third kappa shape index (κ3) is 4.49. The van der Waals surface area contributed by atoms with Crippen LogP contribution in [0.15, 0.2) is 9.98 Å². The molecule has 1 heterocycles. The molecular formula is C10H17BrN2OS. The number of rotatable bonds is 6. The predicted molar refractivity (Wildman–Crippen MR) is 68.6 cm³/mol. The Balaban J connectivity index is 2.50. The zero-order valence-electron chi connectivity index (χ0n) is 9.29. The number of ether oxygens (including phenoxy) is 1. The summed E-state index contributed by atoms with van der Waals surface area (Å²) < 4.78 is 6.32. The quantitative estimate of drug-likeness (QED) is 0.873. The van der Waals surface area contributed by atoms with E-state index in [1.807, 2.05) is 12.3 Å². The number of thiazole rings is 1. The van der Waals surface area contributed by atoms with E-state index in [1.54, 1.807) is 11.3 Å². The molecule has 0 saturated heterocycles. The van der Waals surface area contributed by atoms with Gasteiger partial charge >= 0.3 is 0 Å². The molecule has 3 nitrogen and oxygen atoms in total. The summed E-state index contributed by atoms with van der Waals surface area (Å²) in [5.74, 6) is 0.527. The van der Waals surface area contributed by atoms with Crippen LogP contribution < -0.4 is 5.32 Å². The number of hydrogen-bond acceptors (Lipinski definition) is 4. The monoisotopic (exact) mass is 292 g/mol. The molecule has 5 heteroatoms. The second-order valence-corrected chi connectivity index (χ2v) is 5.30. The van der Waals surface area contributed by atoms with Crippen LogP contribution in [-0.2, 0) is 4.74 Å². The summed E-state index contributed by atoms with van der Waals surface area (Å²) in [5.41, 5.74) is 0. The van der Waals surface area contributed by atoms with Crippen molar-refractivity contribution in [3.8, 4) is 0 Å². The molecule has 0 fully saturated rings. The van der Waals surface area contributed by atoms with Gasteiger partial charge in [-0.15, -0.1) is 11.3 Å². The van der Waals surface area contributed by atoms with E-state index < -0.39 is 0 Å². The van der Waals surface area contributed by atoms with E-state index in [1.165, 1.54) is 0 Å². The number of aromatic nitrogens is 1. The van der Waals surface area contributed by atoms with Gasteiger partial charge < -0.3 is 10.1 Å². The molecule has 0 spiro atoms. The Morgan fingerprint density at radius 2 is 2.33 bits per heavy atom. The van der Waals surface area contributed by atoms with Gasteiger partial charge in [0.15, 0.2) is 5.13 Å². The Bertz CT molecular complexity index is 291. The van der Waals surface area contributed by atoms with Gasteiger partial charge in [-0.2, -0.15) is 0 Å². The molecule has 0 radical (unpaired) electrons. The Morgan fingerprint density at radius 3 is 2.80 bits per heavy atom. The second kappa shape index (κ2) is 6.45. The molecule has 86 valence electrons. The van der Waals surface area contributed by atoms with Crippen LogP contribution in [0.4, 0.5) is 5.13 Å².